The molecule has 0 spiro atoms. The number of carbonyl (C=O) groups is 1. The van der Waals surface area contributed by atoms with E-state index in [0.29, 0.717) is 0 Å². The van der Waals surface area contributed by atoms with Gasteiger partial charge in [0, 0.05) is 37.6 Å². The van der Waals surface area contributed by atoms with Gasteiger partial charge in [-0.05, 0) is 73.8 Å². The molecule has 1 aliphatic heterocycles. The van der Waals surface area contributed by atoms with Crippen molar-refractivity contribution in [2.45, 2.75) is 25.8 Å². The number of nitrogens with zero attached hydrogens (tertiary/aromatic N) is 2. The first-order valence-electron chi connectivity index (χ1n) is 9.89. The number of carbonyl (C=O) groups excluding carboxylic acids is 1. The molecule has 0 unspecified atom stereocenters. The molecule has 4 rings (SSSR count). The summed E-state index contributed by atoms with van der Waals surface area (Å²) in [7, 11) is 2.15. The van der Waals surface area contributed by atoms with E-state index in [2.05, 4.69) is 39.6 Å². The average molecular weight is 382 g/mol. The molecule has 2 aromatic carbocycles. The largest absolute Gasteiger partial charge is 0.369 e. The van der Waals surface area contributed by atoms with E-state index in [1.54, 1.807) is 12.1 Å². The maximum absolute atomic E-state index is 13.4. The minimum absolute atomic E-state index is 0.0690. The van der Waals surface area contributed by atoms with Crippen molar-refractivity contribution in [3.63, 3.8) is 0 Å². The van der Waals surface area contributed by atoms with Gasteiger partial charge in [0.1, 0.15) is 5.82 Å². The summed E-state index contributed by atoms with van der Waals surface area (Å²) in [6, 6.07) is 10.7. The molecule has 148 valence electrons. The van der Waals surface area contributed by atoms with Gasteiger partial charge in [-0.25, -0.2) is 9.18 Å². The first-order valence-corrected chi connectivity index (χ1v) is 9.89. The van der Waals surface area contributed by atoms with E-state index < -0.39 is 0 Å². The quantitative estimate of drug-likeness (QED) is 0.851. The van der Waals surface area contributed by atoms with Gasteiger partial charge < -0.3 is 20.4 Å². The molecule has 2 N–H and O–H groups in total. The van der Waals surface area contributed by atoms with E-state index in [4.69, 9.17) is 0 Å². The summed E-state index contributed by atoms with van der Waals surface area (Å²) in [5, 5.41) is 5.99. The van der Waals surface area contributed by atoms with E-state index in [1.807, 2.05) is 13.0 Å². The number of hydrogen-bond acceptors (Lipinski definition) is 3. The van der Waals surface area contributed by atoms with Gasteiger partial charge in [-0.3, -0.25) is 0 Å². The fourth-order valence-corrected chi connectivity index (χ4v) is 4.10. The predicted octanol–water partition coefficient (Wildman–Crippen LogP) is 3.69. The van der Waals surface area contributed by atoms with E-state index in [9.17, 15) is 9.18 Å². The van der Waals surface area contributed by atoms with E-state index in [0.717, 1.165) is 61.4 Å². The van der Waals surface area contributed by atoms with Crippen LogP contribution in [-0.2, 0) is 6.42 Å². The van der Waals surface area contributed by atoms with Gasteiger partial charge in [0.05, 0.1) is 6.04 Å². The molecule has 2 amide bonds. The Morgan fingerprint density at radius 2 is 1.89 bits per heavy atom. The predicted molar refractivity (Wildman–Crippen MR) is 111 cm³/mol. The highest BCUT2D eigenvalue weighted by Gasteiger charge is 2.24. The maximum Gasteiger partial charge on any atom is 0.319 e. The highest BCUT2D eigenvalue weighted by molar-refractivity contribution is 5.90. The summed E-state index contributed by atoms with van der Waals surface area (Å²) in [4.78, 5) is 17.2. The van der Waals surface area contributed by atoms with Crippen molar-refractivity contribution in [3.8, 4) is 0 Å². The van der Waals surface area contributed by atoms with Crippen molar-refractivity contribution >= 4 is 17.4 Å². The van der Waals surface area contributed by atoms with Crippen molar-refractivity contribution in [1.82, 2.24) is 10.2 Å². The number of benzene rings is 2. The van der Waals surface area contributed by atoms with Crippen molar-refractivity contribution < 1.29 is 9.18 Å². The Kier molecular flexibility index (Phi) is 5.22. The number of aryl methyl sites for hydroxylation is 2. The molecular weight excluding hydrogens is 355 g/mol. The molecule has 0 aromatic heterocycles. The highest BCUT2D eigenvalue weighted by Crippen LogP contribution is 2.31. The van der Waals surface area contributed by atoms with E-state index in [-0.39, 0.29) is 17.9 Å². The molecule has 2 aromatic rings. The molecule has 1 saturated heterocycles. The molecule has 1 atom stereocenters. The van der Waals surface area contributed by atoms with E-state index in [1.165, 1.54) is 11.8 Å². The van der Waals surface area contributed by atoms with Crippen LogP contribution in [-0.4, -0.2) is 44.2 Å². The number of anilines is 2. The lowest BCUT2D eigenvalue weighted by Crippen LogP contribution is -2.44. The summed E-state index contributed by atoms with van der Waals surface area (Å²) in [5.74, 6) is -0.222. The summed E-state index contributed by atoms with van der Waals surface area (Å²) in [5.41, 5.74) is 5.05. The summed E-state index contributed by atoms with van der Waals surface area (Å²) < 4.78 is 13.4. The van der Waals surface area contributed by atoms with Crippen LogP contribution in [0.1, 0.15) is 29.2 Å². The molecule has 0 saturated carbocycles. The number of nitrogens with one attached hydrogen (secondary N) is 2. The number of amides is 2. The number of rotatable bonds is 3. The number of fused-ring (bicyclic) bond motifs is 1. The molecular formula is C22H27FN4O. The first-order chi connectivity index (χ1) is 13.5. The van der Waals surface area contributed by atoms with Gasteiger partial charge in [-0.1, -0.05) is 6.07 Å². The second-order valence-electron chi connectivity index (χ2n) is 7.82. The number of likely N-dealkylation sites (N-methyl/N-ethyl adjacent to an activating group) is 1. The van der Waals surface area contributed by atoms with Crippen LogP contribution in [0.3, 0.4) is 0 Å². The van der Waals surface area contributed by atoms with Crippen molar-refractivity contribution in [2.75, 3.05) is 43.4 Å². The Morgan fingerprint density at radius 1 is 1.11 bits per heavy atom. The Hall–Kier alpha value is -2.60. The van der Waals surface area contributed by atoms with E-state index >= 15 is 0 Å². The number of halogens is 1. The topological polar surface area (TPSA) is 47.6 Å². The van der Waals surface area contributed by atoms with Crippen LogP contribution in [0.2, 0.25) is 0 Å². The smallest absolute Gasteiger partial charge is 0.319 e. The summed E-state index contributed by atoms with van der Waals surface area (Å²) >= 11 is 0. The number of piperazine rings is 1. The van der Waals surface area contributed by atoms with Crippen molar-refractivity contribution in [2.24, 2.45) is 0 Å². The van der Waals surface area contributed by atoms with Gasteiger partial charge in [0.2, 0.25) is 0 Å². The lowest BCUT2D eigenvalue weighted by Gasteiger charge is -2.34. The zero-order chi connectivity index (χ0) is 19.7. The third-order valence-corrected chi connectivity index (χ3v) is 5.81. The lowest BCUT2D eigenvalue weighted by molar-refractivity contribution is 0.248. The normalized spacial score (nSPS) is 19.4. The van der Waals surface area contributed by atoms with Gasteiger partial charge in [-0.15, -0.1) is 0 Å². The van der Waals surface area contributed by atoms with Gasteiger partial charge in [0.15, 0.2) is 0 Å². The molecule has 28 heavy (non-hydrogen) atoms. The monoisotopic (exact) mass is 382 g/mol. The minimum Gasteiger partial charge on any atom is -0.369 e. The van der Waals surface area contributed by atoms with Gasteiger partial charge in [-0.2, -0.15) is 0 Å². The summed E-state index contributed by atoms with van der Waals surface area (Å²) in [6.45, 7) is 6.18. The van der Waals surface area contributed by atoms with Crippen LogP contribution in [0.5, 0.6) is 0 Å². The van der Waals surface area contributed by atoms with Crippen LogP contribution in [0, 0.1) is 12.7 Å². The maximum atomic E-state index is 13.4. The first kappa shape index (κ1) is 18.7. The Bertz CT molecular complexity index is 877. The summed E-state index contributed by atoms with van der Waals surface area (Å²) in [6.07, 6.45) is 1.59. The zero-order valence-corrected chi connectivity index (χ0v) is 16.5. The average Bonchev–Trinajstić information content (AvgIpc) is 3.05. The standard InChI is InChI=1S/C22H27FN4O/c1-15-13-18(27-11-9-26(2)10-12-27)5-8-20(15)24-22(28)25-21-7-3-16-14-17(23)4-6-19(16)21/h4-6,8,13-14,21H,3,7,9-12H2,1-2H3,(H2,24,25,28)/t21-/m0/s1. The molecule has 0 bridgehead atoms. The molecule has 1 aliphatic carbocycles. The van der Waals surface area contributed by atoms with Crippen LogP contribution in [0.25, 0.3) is 0 Å². The van der Waals surface area contributed by atoms with Gasteiger partial charge >= 0.3 is 6.03 Å². The van der Waals surface area contributed by atoms with Gasteiger partial charge in [0.25, 0.3) is 0 Å². The van der Waals surface area contributed by atoms with Crippen LogP contribution < -0.4 is 15.5 Å². The molecule has 2 aliphatic rings. The van der Waals surface area contributed by atoms with Crippen molar-refractivity contribution in [1.29, 1.82) is 0 Å². The lowest BCUT2D eigenvalue weighted by atomic mass is 10.1. The number of hydrogen-bond donors (Lipinski definition) is 2. The fraction of sp³-hybridized carbons (Fsp3) is 0.409. The molecule has 5 nitrogen and oxygen atoms in total. The molecule has 1 heterocycles. The van der Waals surface area contributed by atoms with Crippen LogP contribution in [0.4, 0.5) is 20.6 Å². The molecule has 0 radical (unpaired) electrons. The Balaban J connectivity index is 1.39. The zero-order valence-electron chi connectivity index (χ0n) is 16.5. The highest BCUT2D eigenvalue weighted by atomic mass is 19.1. The Morgan fingerprint density at radius 3 is 2.64 bits per heavy atom. The third kappa shape index (κ3) is 3.97. The second-order valence-corrected chi connectivity index (χ2v) is 7.82. The van der Waals surface area contributed by atoms with Crippen LogP contribution >= 0.6 is 0 Å². The molecule has 6 heteroatoms. The fourth-order valence-electron chi connectivity index (χ4n) is 4.10. The SMILES string of the molecule is Cc1cc(N2CCN(C)CC2)ccc1NC(=O)N[C@H]1CCc2cc(F)ccc21. The number of urea groups is 1. The molecule has 1 fully saturated rings. The van der Waals surface area contributed by atoms with Crippen molar-refractivity contribution in [3.05, 3.63) is 58.9 Å². The second kappa shape index (κ2) is 7.80. The Labute approximate surface area is 165 Å². The van der Waals surface area contributed by atoms with Crippen LogP contribution in [0.15, 0.2) is 36.4 Å². The minimum atomic E-state index is -0.224. The third-order valence-electron chi connectivity index (χ3n) is 5.81.